The van der Waals surface area contributed by atoms with E-state index in [1.807, 2.05) is 0 Å². The summed E-state index contributed by atoms with van der Waals surface area (Å²) in [6.45, 7) is 0.625. The summed E-state index contributed by atoms with van der Waals surface area (Å²) in [4.78, 5) is 31.8. The summed E-state index contributed by atoms with van der Waals surface area (Å²) in [5.74, 6) is 0.339. The number of nitrogens with two attached hydrogens (primary N) is 1. The summed E-state index contributed by atoms with van der Waals surface area (Å²) in [6, 6.07) is 5.40. The van der Waals surface area contributed by atoms with E-state index in [1.54, 1.807) is 24.4 Å². The number of ether oxygens (including phenoxy) is 1. The van der Waals surface area contributed by atoms with Gasteiger partial charge in [0.1, 0.15) is 5.52 Å². The fraction of sp³-hybridized carbons (Fsp3) is 0.474. The summed E-state index contributed by atoms with van der Waals surface area (Å²) in [5.41, 5.74) is 7.73. The highest BCUT2D eigenvalue weighted by molar-refractivity contribution is 6.00. The van der Waals surface area contributed by atoms with Crippen molar-refractivity contribution in [3.8, 4) is 5.88 Å². The van der Waals surface area contributed by atoms with Crippen LogP contribution in [0.25, 0.3) is 11.0 Å². The molecule has 0 atom stereocenters. The molecule has 9 heteroatoms. The summed E-state index contributed by atoms with van der Waals surface area (Å²) in [6.07, 6.45) is 4.41. The van der Waals surface area contributed by atoms with Gasteiger partial charge in [-0.3, -0.25) is 9.78 Å². The molecule has 0 saturated heterocycles. The van der Waals surface area contributed by atoms with Gasteiger partial charge in [0, 0.05) is 30.8 Å². The third-order valence-corrected chi connectivity index (χ3v) is 4.81. The van der Waals surface area contributed by atoms with Crippen molar-refractivity contribution in [2.75, 3.05) is 18.5 Å². The van der Waals surface area contributed by atoms with Crippen molar-refractivity contribution in [2.24, 2.45) is 11.7 Å². The van der Waals surface area contributed by atoms with Crippen LogP contribution in [0.5, 0.6) is 5.88 Å². The van der Waals surface area contributed by atoms with Crippen LogP contribution in [0.4, 0.5) is 10.5 Å². The van der Waals surface area contributed by atoms with Gasteiger partial charge in [-0.05, 0) is 44.2 Å². The number of carbonyl (C=O) groups is 2. The maximum Gasteiger partial charge on any atom is 0.404 e. The Morgan fingerprint density at radius 3 is 2.75 bits per heavy atom. The molecule has 3 rings (SSSR count). The molecule has 0 spiro atoms. The van der Waals surface area contributed by atoms with Crippen molar-refractivity contribution in [3.63, 3.8) is 0 Å². The molecule has 0 aromatic carbocycles. The van der Waals surface area contributed by atoms with Gasteiger partial charge in [0.15, 0.2) is 0 Å². The predicted molar refractivity (Wildman–Crippen MR) is 104 cm³/mol. The van der Waals surface area contributed by atoms with Crippen LogP contribution < -0.4 is 21.1 Å². The average Bonchev–Trinajstić information content (AvgIpc) is 2.68. The molecule has 2 heterocycles. The molecule has 9 nitrogen and oxygen atoms in total. The van der Waals surface area contributed by atoms with Gasteiger partial charge in [-0.25, -0.2) is 9.78 Å². The molecule has 2 amide bonds. The third-order valence-electron chi connectivity index (χ3n) is 4.81. The molecule has 5 N–H and O–H groups in total. The highest BCUT2D eigenvalue weighted by Crippen LogP contribution is 2.27. The van der Waals surface area contributed by atoms with Crippen LogP contribution >= 0.6 is 0 Å². The Morgan fingerprint density at radius 1 is 1.21 bits per heavy atom. The SMILES string of the molecule is NC1CCC(C(=O)Nc2ccnc3ccc(OCCCNC(=O)O)nc23)CC1. The first-order chi connectivity index (χ1) is 13.5. The average molecular weight is 387 g/mol. The van der Waals surface area contributed by atoms with Crippen molar-refractivity contribution in [1.82, 2.24) is 15.3 Å². The molecule has 0 radical (unpaired) electrons. The second-order valence-corrected chi connectivity index (χ2v) is 6.91. The maximum atomic E-state index is 12.6. The van der Waals surface area contributed by atoms with Crippen molar-refractivity contribution in [3.05, 3.63) is 24.4 Å². The normalized spacial score (nSPS) is 19.2. The molecule has 150 valence electrons. The van der Waals surface area contributed by atoms with E-state index in [0.29, 0.717) is 42.2 Å². The zero-order valence-electron chi connectivity index (χ0n) is 15.6. The second-order valence-electron chi connectivity index (χ2n) is 6.91. The van der Waals surface area contributed by atoms with Crippen LogP contribution in [0.1, 0.15) is 32.1 Å². The van der Waals surface area contributed by atoms with Gasteiger partial charge in [-0.1, -0.05) is 0 Å². The van der Waals surface area contributed by atoms with Crippen LogP contribution in [0.2, 0.25) is 0 Å². The number of hydrogen-bond donors (Lipinski definition) is 4. The fourth-order valence-electron chi connectivity index (χ4n) is 3.25. The lowest BCUT2D eigenvalue weighted by molar-refractivity contribution is -0.120. The van der Waals surface area contributed by atoms with E-state index in [-0.39, 0.29) is 17.9 Å². The molecule has 1 aliphatic rings. The Hall–Kier alpha value is -2.94. The molecule has 2 aromatic rings. The number of amides is 2. The fourth-order valence-corrected chi connectivity index (χ4v) is 3.25. The van der Waals surface area contributed by atoms with E-state index in [1.165, 1.54) is 0 Å². The molecule has 1 aliphatic carbocycles. The van der Waals surface area contributed by atoms with Crippen molar-refractivity contribution in [2.45, 2.75) is 38.1 Å². The molecular formula is C19H25N5O4. The number of carboxylic acid groups (broad SMARTS) is 1. The first-order valence-corrected chi connectivity index (χ1v) is 9.44. The monoisotopic (exact) mass is 387 g/mol. The van der Waals surface area contributed by atoms with Crippen LogP contribution in [-0.4, -0.2) is 46.3 Å². The highest BCUT2D eigenvalue weighted by atomic mass is 16.5. The largest absolute Gasteiger partial charge is 0.478 e. The summed E-state index contributed by atoms with van der Waals surface area (Å²) in [5, 5.41) is 13.8. The number of pyridine rings is 2. The Balaban J connectivity index is 1.65. The number of aromatic nitrogens is 2. The van der Waals surface area contributed by atoms with E-state index in [0.717, 1.165) is 25.7 Å². The van der Waals surface area contributed by atoms with E-state index >= 15 is 0 Å². The predicted octanol–water partition coefficient (Wildman–Crippen LogP) is 2.12. The Bertz CT molecular complexity index is 836. The lowest BCUT2D eigenvalue weighted by Crippen LogP contribution is -2.32. The molecule has 0 unspecified atom stereocenters. The molecule has 28 heavy (non-hydrogen) atoms. The number of hydrogen-bond acceptors (Lipinski definition) is 6. The number of nitrogens with zero attached hydrogens (tertiary/aromatic N) is 2. The summed E-state index contributed by atoms with van der Waals surface area (Å²) >= 11 is 0. The minimum atomic E-state index is -1.06. The van der Waals surface area contributed by atoms with E-state index in [4.69, 9.17) is 15.6 Å². The summed E-state index contributed by atoms with van der Waals surface area (Å²) in [7, 11) is 0. The number of carbonyl (C=O) groups excluding carboxylic acids is 1. The van der Waals surface area contributed by atoms with Crippen molar-refractivity contribution >= 4 is 28.7 Å². The zero-order valence-corrected chi connectivity index (χ0v) is 15.6. The number of rotatable bonds is 7. The van der Waals surface area contributed by atoms with E-state index in [9.17, 15) is 9.59 Å². The van der Waals surface area contributed by atoms with Crippen LogP contribution in [0.3, 0.4) is 0 Å². The van der Waals surface area contributed by atoms with Crippen LogP contribution in [0, 0.1) is 5.92 Å². The Morgan fingerprint density at radius 2 is 2.00 bits per heavy atom. The number of nitrogens with one attached hydrogen (secondary N) is 2. The molecular weight excluding hydrogens is 362 g/mol. The lowest BCUT2D eigenvalue weighted by atomic mass is 9.86. The van der Waals surface area contributed by atoms with Gasteiger partial charge >= 0.3 is 6.09 Å². The van der Waals surface area contributed by atoms with Gasteiger partial charge < -0.3 is 26.2 Å². The van der Waals surface area contributed by atoms with Gasteiger partial charge in [0.25, 0.3) is 0 Å². The molecule has 2 aromatic heterocycles. The van der Waals surface area contributed by atoms with Crippen molar-refractivity contribution < 1.29 is 19.4 Å². The summed E-state index contributed by atoms with van der Waals surface area (Å²) < 4.78 is 5.59. The molecule has 0 bridgehead atoms. The number of fused-ring (bicyclic) bond motifs is 1. The van der Waals surface area contributed by atoms with Crippen molar-refractivity contribution in [1.29, 1.82) is 0 Å². The van der Waals surface area contributed by atoms with Gasteiger partial charge in [-0.2, -0.15) is 0 Å². The third kappa shape index (κ3) is 5.29. The molecule has 1 fully saturated rings. The maximum absolute atomic E-state index is 12.6. The van der Waals surface area contributed by atoms with E-state index < -0.39 is 6.09 Å². The van der Waals surface area contributed by atoms with E-state index in [2.05, 4.69) is 20.6 Å². The first kappa shape index (κ1) is 19.8. The van der Waals surface area contributed by atoms with Crippen LogP contribution in [-0.2, 0) is 4.79 Å². The highest BCUT2D eigenvalue weighted by Gasteiger charge is 2.25. The minimum Gasteiger partial charge on any atom is -0.478 e. The lowest BCUT2D eigenvalue weighted by Gasteiger charge is -2.25. The second kappa shape index (κ2) is 9.32. The van der Waals surface area contributed by atoms with Crippen LogP contribution in [0.15, 0.2) is 24.4 Å². The topological polar surface area (TPSA) is 139 Å². The van der Waals surface area contributed by atoms with Gasteiger partial charge in [0.2, 0.25) is 11.8 Å². The van der Waals surface area contributed by atoms with Gasteiger partial charge in [0.05, 0.1) is 17.8 Å². The zero-order chi connectivity index (χ0) is 19.9. The Kier molecular flexibility index (Phi) is 6.59. The quantitative estimate of drug-likeness (QED) is 0.534. The standard InChI is InChI=1S/C19H25N5O4/c20-13-4-2-12(3-5-13)18(25)23-15-8-10-21-14-6-7-16(24-17(14)15)28-11-1-9-22-19(26)27/h6-8,10,12-13,22H,1-5,9,11,20H2,(H,26,27)(H,21,23,25). The smallest absolute Gasteiger partial charge is 0.404 e. The van der Waals surface area contributed by atoms with Gasteiger partial charge in [-0.15, -0.1) is 0 Å². The molecule has 1 saturated carbocycles. The minimum absolute atomic E-state index is 0.0210. The number of anilines is 1. The first-order valence-electron chi connectivity index (χ1n) is 9.44. The molecule has 0 aliphatic heterocycles. The Labute approximate surface area is 162 Å².